The van der Waals surface area contributed by atoms with Gasteiger partial charge in [-0.3, -0.25) is 14.5 Å². The van der Waals surface area contributed by atoms with E-state index < -0.39 is 17.6 Å². The number of piperidine rings is 1. The normalized spacial score (nSPS) is 13.7. The molecule has 1 aliphatic heterocycles. The van der Waals surface area contributed by atoms with E-state index in [0.29, 0.717) is 12.1 Å². The molecule has 0 radical (unpaired) electrons. The number of hydrogen-bond acceptors (Lipinski definition) is 5. The molecule has 0 atom stereocenters. The smallest absolute Gasteiger partial charge is 0.420 e. The number of carbonyl (C=O) groups is 2. The highest BCUT2D eigenvalue weighted by molar-refractivity contribution is 6.04. The largest absolute Gasteiger partial charge is 0.483 e. The van der Waals surface area contributed by atoms with E-state index in [2.05, 4.69) is 15.2 Å². The number of carboxylic acid groups (broad SMARTS) is 1. The standard InChI is InChI=1S/C27H29F3N4O.CH2O2/c1-33(2)25-24(27(28,29)30)16-22(17-31-25)32-26(35)20-11-12-23(19-9-5-3-6-10-19)21(15-20)18-34-13-7-4-8-14-34;2-1-3/h3,5-6,9-12,15-17H,4,7-8,13-14,18H2,1-2H3,(H,32,35);1H,(H,2,3). The molecule has 0 unspecified atom stereocenters. The molecule has 7 nitrogen and oxygen atoms in total. The van der Waals surface area contributed by atoms with Crippen molar-refractivity contribution in [3.8, 4) is 11.1 Å². The Hall–Kier alpha value is -3.92. The number of nitrogens with zero attached hydrogens (tertiary/aromatic N) is 3. The highest BCUT2D eigenvalue weighted by Gasteiger charge is 2.35. The van der Waals surface area contributed by atoms with Crippen LogP contribution in [0, 0.1) is 0 Å². The molecule has 0 aliphatic carbocycles. The third-order valence-electron chi connectivity index (χ3n) is 6.15. The number of amides is 1. The van der Waals surface area contributed by atoms with Crippen LogP contribution in [-0.4, -0.2) is 54.6 Å². The Morgan fingerprint density at radius 3 is 2.34 bits per heavy atom. The van der Waals surface area contributed by atoms with Gasteiger partial charge in [-0.15, -0.1) is 0 Å². The third-order valence-corrected chi connectivity index (χ3v) is 6.15. The van der Waals surface area contributed by atoms with Crippen LogP contribution in [0.25, 0.3) is 11.1 Å². The summed E-state index contributed by atoms with van der Waals surface area (Å²) in [6.45, 7) is 2.48. The van der Waals surface area contributed by atoms with Crippen molar-refractivity contribution in [3.63, 3.8) is 0 Å². The van der Waals surface area contributed by atoms with Crippen molar-refractivity contribution >= 4 is 23.9 Å². The molecule has 0 spiro atoms. The van der Waals surface area contributed by atoms with Gasteiger partial charge in [-0.25, -0.2) is 4.98 Å². The highest BCUT2D eigenvalue weighted by atomic mass is 19.4. The molecular weight excluding hydrogens is 497 g/mol. The van der Waals surface area contributed by atoms with E-state index in [4.69, 9.17) is 9.90 Å². The molecule has 2 aromatic carbocycles. The maximum absolute atomic E-state index is 13.5. The van der Waals surface area contributed by atoms with Crippen LogP contribution in [0.5, 0.6) is 0 Å². The molecule has 1 fully saturated rings. The van der Waals surface area contributed by atoms with E-state index in [1.165, 1.54) is 31.6 Å². The van der Waals surface area contributed by atoms with Crippen LogP contribution < -0.4 is 10.2 Å². The number of alkyl halides is 3. The van der Waals surface area contributed by atoms with Crippen LogP contribution in [0.15, 0.2) is 60.8 Å². The molecule has 1 aliphatic rings. The van der Waals surface area contributed by atoms with Gasteiger partial charge in [-0.05, 0) is 60.8 Å². The zero-order valence-electron chi connectivity index (χ0n) is 21.3. The van der Waals surface area contributed by atoms with Crippen LogP contribution in [0.2, 0.25) is 0 Å². The maximum Gasteiger partial charge on any atom is 0.420 e. The Bertz CT molecular complexity index is 1230. The fraction of sp³-hybridized carbons (Fsp3) is 0.321. The summed E-state index contributed by atoms with van der Waals surface area (Å²) >= 11 is 0. The summed E-state index contributed by atoms with van der Waals surface area (Å²) in [6, 6.07) is 16.4. The van der Waals surface area contributed by atoms with E-state index in [0.717, 1.165) is 48.7 Å². The summed E-state index contributed by atoms with van der Waals surface area (Å²) in [7, 11) is 2.99. The Morgan fingerprint density at radius 2 is 1.74 bits per heavy atom. The minimum absolute atomic E-state index is 0.00218. The Morgan fingerprint density at radius 1 is 1.08 bits per heavy atom. The number of halogens is 3. The summed E-state index contributed by atoms with van der Waals surface area (Å²) in [5.41, 5.74) is 2.61. The summed E-state index contributed by atoms with van der Waals surface area (Å²) in [5, 5.41) is 9.48. The van der Waals surface area contributed by atoms with E-state index in [-0.39, 0.29) is 18.0 Å². The first-order chi connectivity index (χ1) is 18.1. The molecule has 3 aromatic rings. The summed E-state index contributed by atoms with van der Waals surface area (Å²) < 4.78 is 40.6. The molecule has 38 heavy (non-hydrogen) atoms. The first-order valence-electron chi connectivity index (χ1n) is 12.2. The van der Waals surface area contributed by atoms with Crippen molar-refractivity contribution in [1.82, 2.24) is 9.88 Å². The van der Waals surface area contributed by atoms with Gasteiger partial charge in [0.05, 0.1) is 11.9 Å². The molecule has 0 bridgehead atoms. The minimum atomic E-state index is -4.59. The molecule has 1 aromatic heterocycles. The quantitative estimate of drug-likeness (QED) is 0.395. The molecule has 10 heteroatoms. The Labute approximate surface area is 219 Å². The van der Waals surface area contributed by atoms with Crippen molar-refractivity contribution in [2.75, 3.05) is 37.4 Å². The lowest BCUT2D eigenvalue weighted by molar-refractivity contribution is -0.137. The fourth-order valence-corrected chi connectivity index (χ4v) is 4.42. The van der Waals surface area contributed by atoms with Crippen molar-refractivity contribution in [3.05, 3.63) is 77.5 Å². The van der Waals surface area contributed by atoms with Gasteiger partial charge >= 0.3 is 6.18 Å². The predicted octanol–water partition coefficient (Wildman–Crippen LogP) is 5.77. The van der Waals surface area contributed by atoms with Gasteiger partial charge in [0.1, 0.15) is 11.4 Å². The average Bonchev–Trinajstić information content (AvgIpc) is 2.89. The summed E-state index contributed by atoms with van der Waals surface area (Å²) in [4.78, 5) is 29.0. The Balaban J connectivity index is 0.00000127. The lowest BCUT2D eigenvalue weighted by atomic mass is 9.96. The predicted molar refractivity (Wildman–Crippen MR) is 141 cm³/mol. The number of rotatable bonds is 6. The van der Waals surface area contributed by atoms with E-state index in [1.807, 2.05) is 42.5 Å². The number of nitrogens with one attached hydrogen (secondary N) is 1. The third kappa shape index (κ3) is 7.55. The second-order valence-electron chi connectivity index (χ2n) is 9.12. The van der Waals surface area contributed by atoms with Gasteiger partial charge in [-0.2, -0.15) is 13.2 Å². The zero-order valence-corrected chi connectivity index (χ0v) is 21.3. The van der Waals surface area contributed by atoms with Crippen molar-refractivity contribution in [2.24, 2.45) is 0 Å². The molecule has 1 amide bonds. The number of benzene rings is 2. The molecule has 202 valence electrons. The fourth-order valence-electron chi connectivity index (χ4n) is 4.42. The first-order valence-corrected chi connectivity index (χ1v) is 12.2. The van der Waals surface area contributed by atoms with E-state index in [9.17, 15) is 18.0 Å². The number of likely N-dealkylation sites (tertiary alicyclic amines) is 1. The van der Waals surface area contributed by atoms with Crippen molar-refractivity contribution in [1.29, 1.82) is 0 Å². The molecular formula is C28H31F3N4O3. The summed E-state index contributed by atoms with van der Waals surface area (Å²) in [6.07, 6.45) is 0.184. The minimum Gasteiger partial charge on any atom is -0.483 e. The average molecular weight is 529 g/mol. The SMILES string of the molecule is CN(C)c1ncc(NC(=O)c2ccc(-c3ccccc3)c(CN3CCCCC3)c2)cc1C(F)(F)F.O=CO. The second-order valence-corrected chi connectivity index (χ2v) is 9.12. The van der Waals surface area contributed by atoms with Gasteiger partial charge in [0.15, 0.2) is 0 Å². The lowest BCUT2D eigenvalue weighted by Crippen LogP contribution is -2.29. The van der Waals surface area contributed by atoms with Crippen LogP contribution in [-0.2, 0) is 17.5 Å². The number of hydrogen-bond donors (Lipinski definition) is 2. The van der Waals surface area contributed by atoms with Gasteiger partial charge in [0.25, 0.3) is 12.4 Å². The molecule has 4 rings (SSSR count). The monoisotopic (exact) mass is 528 g/mol. The maximum atomic E-state index is 13.5. The van der Waals surface area contributed by atoms with E-state index in [1.54, 1.807) is 6.07 Å². The number of anilines is 2. The van der Waals surface area contributed by atoms with Gasteiger partial charge < -0.3 is 15.3 Å². The first kappa shape index (κ1) is 28.6. The van der Waals surface area contributed by atoms with Crippen molar-refractivity contribution < 1.29 is 27.9 Å². The molecule has 0 saturated carbocycles. The lowest BCUT2D eigenvalue weighted by Gasteiger charge is -2.27. The van der Waals surface area contributed by atoms with Gasteiger partial charge in [0.2, 0.25) is 0 Å². The molecule has 2 heterocycles. The molecule has 1 saturated heterocycles. The van der Waals surface area contributed by atoms with Crippen LogP contribution in [0.4, 0.5) is 24.7 Å². The van der Waals surface area contributed by atoms with Crippen LogP contribution >= 0.6 is 0 Å². The highest BCUT2D eigenvalue weighted by Crippen LogP contribution is 2.36. The second kappa shape index (κ2) is 13.0. The van der Waals surface area contributed by atoms with E-state index >= 15 is 0 Å². The van der Waals surface area contributed by atoms with Crippen LogP contribution in [0.1, 0.15) is 40.7 Å². The number of aromatic nitrogens is 1. The molecule has 2 N–H and O–H groups in total. The van der Waals surface area contributed by atoms with Crippen LogP contribution in [0.3, 0.4) is 0 Å². The zero-order chi connectivity index (χ0) is 27.7. The van der Waals surface area contributed by atoms with Gasteiger partial charge in [-0.1, -0.05) is 42.8 Å². The van der Waals surface area contributed by atoms with Gasteiger partial charge in [0, 0.05) is 26.2 Å². The summed E-state index contributed by atoms with van der Waals surface area (Å²) in [5.74, 6) is -0.677. The number of pyridine rings is 1. The topological polar surface area (TPSA) is 85.8 Å². The number of carbonyl (C=O) groups excluding carboxylic acids is 1. The Kier molecular flexibility index (Phi) is 9.84. The van der Waals surface area contributed by atoms with Crippen molar-refractivity contribution in [2.45, 2.75) is 32.0 Å².